The molecule has 8 nitrogen and oxygen atoms in total. The lowest BCUT2D eigenvalue weighted by atomic mass is 9.87. The standard InChI is InChI=1S/C28H30N4O4/c1-3-36-27(35)25(33)24(15-19-9-11-21-12-10-20(16-31-29)14-22(21)13-19)26(34)32-18-30-17-28(32,2)23-7-5-4-6-8-23/h4-14,16,24,30H,3,15,17-18,29H2,1-2H3. The first kappa shape index (κ1) is 25.1. The summed E-state index contributed by atoms with van der Waals surface area (Å²) in [5, 5.41) is 8.73. The molecule has 1 aliphatic heterocycles. The Bertz CT molecular complexity index is 1310. The predicted molar refractivity (Wildman–Crippen MR) is 138 cm³/mol. The number of amides is 1. The summed E-state index contributed by atoms with van der Waals surface area (Å²) in [6, 6.07) is 21.2. The van der Waals surface area contributed by atoms with Crippen LogP contribution >= 0.6 is 0 Å². The lowest BCUT2D eigenvalue weighted by Crippen LogP contribution is -2.50. The maximum Gasteiger partial charge on any atom is 0.375 e. The minimum atomic E-state index is -1.21. The third kappa shape index (κ3) is 4.99. The van der Waals surface area contributed by atoms with E-state index in [0.717, 1.165) is 27.5 Å². The lowest BCUT2D eigenvalue weighted by Gasteiger charge is -2.36. The van der Waals surface area contributed by atoms with Gasteiger partial charge >= 0.3 is 5.97 Å². The molecule has 1 fully saturated rings. The Morgan fingerprint density at radius 2 is 1.86 bits per heavy atom. The summed E-state index contributed by atoms with van der Waals surface area (Å²) in [5.41, 5.74) is 1.88. The van der Waals surface area contributed by atoms with E-state index < -0.39 is 29.1 Å². The number of hydrogen-bond donors (Lipinski definition) is 2. The molecule has 0 bridgehead atoms. The van der Waals surface area contributed by atoms with Gasteiger partial charge in [-0.3, -0.25) is 14.9 Å². The van der Waals surface area contributed by atoms with Gasteiger partial charge in [0.15, 0.2) is 0 Å². The number of ketones is 1. The van der Waals surface area contributed by atoms with Gasteiger partial charge in [-0.15, -0.1) is 0 Å². The normalized spacial score (nSPS) is 18.4. The van der Waals surface area contributed by atoms with Crippen LogP contribution in [-0.2, 0) is 31.1 Å². The van der Waals surface area contributed by atoms with Crippen molar-refractivity contribution in [3.63, 3.8) is 0 Å². The van der Waals surface area contributed by atoms with Gasteiger partial charge in [-0.05, 0) is 53.8 Å². The van der Waals surface area contributed by atoms with Gasteiger partial charge in [0.05, 0.1) is 25.0 Å². The second-order valence-corrected chi connectivity index (χ2v) is 9.05. The first-order valence-corrected chi connectivity index (χ1v) is 11.9. The van der Waals surface area contributed by atoms with Gasteiger partial charge in [0.25, 0.3) is 5.78 Å². The van der Waals surface area contributed by atoms with E-state index in [1.165, 1.54) is 0 Å². The lowest BCUT2D eigenvalue weighted by molar-refractivity contribution is -0.159. The second kappa shape index (κ2) is 10.7. The zero-order valence-corrected chi connectivity index (χ0v) is 20.4. The van der Waals surface area contributed by atoms with Crippen molar-refractivity contribution in [3.05, 3.63) is 83.4 Å². The molecular formula is C28H30N4O4. The van der Waals surface area contributed by atoms with Gasteiger partial charge < -0.3 is 15.5 Å². The number of nitrogens with zero attached hydrogens (tertiary/aromatic N) is 2. The molecule has 1 aliphatic rings. The Kier molecular flexibility index (Phi) is 7.45. The van der Waals surface area contributed by atoms with Crippen molar-refractivity contribution >= 4 is 34.6 Å². The highest BCUT2D eigenvalue weighted by molar-refractivity contribution is 6.38. The van der Waals surface area contributed by atoms with Crippen molar-refractivity contribution in [1.82, 2.24) is 10.2 Å². The minimum absolute atomic E-state index is 0.0555. The van der Waals surface area contributed by atoms with E-state index in [1.54, 1.807) is 18.0 Å². The number of nitrogens with two attached hydrogens (primary N) is 1. The molecule has 1 heterocycles. The van der Waals surface area contributed by atoms with E-state index in [4.69, 9.17) is 10.6 Å². The molecule has 3 aromatic carbocycles. The van der Waals surface area contributed by atoms with Crippen LogP contribution in [0.1, 0.15) is 30.5 Å². The number of hydrazone groups is 1. The highest BCUT2D eigenvalue weighted by Gasteiger charge is 2.45. The number of rotatable bonds is 8. The average molecular weight is 487 g/mol. The Labute approximate surface area is 210 Å². The van der Waals surface area contributed by atoms with Crippen molar-refractivity contribution < 1.29 is 19.1 Å². The maximum absolute atomic E-state index is 13.9. The fourth-order valence-corrected chi connectivity index (χ4v) is 4.73. The molecule has 2 atom stereocenters. The molecule has 1 saturated heterocycles. The van der Waals surface area contributed by atoms with E-state index in [-0.39, 0.29) is 19.7 Å². The molecular weight excluding hydrogens is 456 g/mol. The fourth-order valence-electron chi connectivity index (χ4n) is 4.73. The SMILES string of the molecule is CCOC(=O)C(=O)C(Cc1ccc2ccc(C=NN)cc2c1)C(=O)N1CNCC1(C)c1ccccc1. The summed E-state index contributed by atoms with van der Waals surface area (Å²) in [5.74, 6) is 1.83. The summed E-state index contributed by atoms with van der Waals surface area (Å²) in [6.45, 7) is 4.45. The van der Waals surface area contributed by atoms with E-state index in [2.05, 4.69) is 10.4 Å². The Balaban J connectivity index is 1.69. The van der Waals surface area contributed by atoms with Crippen molar-refractivity contribution in [1.29, 1.82) is 0 Å². The van der Waals surface area contributed by atoms with Crippen LogP contribution in [-0.4, -0.2) is 48.6 Å². The van der Waals surface area contributed by atoms with Gasteiger partial charge in [0.1, 0.15) is 5.92 Å². The molecule has 0 saturated carbocycles. The van der Waals surface area contributed by atoms with Crippen LogP contribution in [0, 0.1) is 5.92 Å². The highest BCUT2D eigenvalue weighted by atomic mass is 16.5. The summed E-state index contributed by atoms with van der Waals surface area (Å²) in [4.78, 5) is 41.3. The Morgan fingerprint density at radius 1 is 1.11 bits per heavy atom. The number of ether oxygens (including phenoxy) is 1. The Morgan fingerprint density at radius 3 is 2.58 bits per heavy atom. The molecule has 3 N–H and O–H groups in total. The minimum Gasteiger partial charge on any atom is -0.460 e. The monoisotopic (exact) mass is 486 g/mol. The smallest absolute Gasteiger partial charge is 0.375 e. The number of nitrogens with one attached hydrogen (secondary N) is 1. The third-order valence-electron chi connectivity index (χ3n) is 6.68. The zero-order chi connectivity index (χ0) is 25.7. The second-order valence-electron chi connectivity index (χ2n) is 9.05. The van der Waals surface area contributed by atoms with Gasteiger partial charge in [-0.1, -0.05) is 60.7 Å². The van der Waals surface area contributed by atoms with Crippen LogP contribution in [0.4, 0.5) is 0 Å². The van der Waals surface area contributed by atoms with Crippen LogP contribution in [0.15, 0.2) is 71.8 Å². The van der Waals surface area contributed by atoms with E-state index in [9.17, 15) is 14.4 Å². The van der Waals surface area contributed by atoms with Crippen molar-refractivity contribution in [3.8, 4) is 0 Å². The van der Waals surface area contributed by atoms with Gasteiger partial charge in [0, 0.05) is 6.54 Å². The largest absolute Gasteiger partial charge is 0.460 e. The molecule has 1 amide bonds. The summed E-state index contributed by atoms with van der Waals surface area (Å²) in [7, 11) is 0. The molecule has 0 spiro atoms. The summed E-state index contributed by atoms with van der Waals surface area (Å²) in [6.07, 6.45) is 1.62. The topological polar surface area (TPSA) is 114 Å². The number of benzene rings is 3. The average Bonchev–Trinajstić information content (AvgIpc) is 3.29. The number of carbonyl (C=O) groups is 3. The van der Waals surface area contributed by atoms with Crippen molar-refractivity contribution in [2.75, 3.05) is 19.8 Å². The van der Waals surface area contributed by atoms with Crippen LogP contribution in [0.2, 0.25) is 0 Å². The predicted octanol–water partition coefficient (Wildman–Crippen LogP) is 2.73. The zero-order valence-electron chi connectivity index (χ0n) is 20.4. The molecule has 36 heavy (non-hydrogen) atoms. The molecule has 0 aromatic heterocycles. The van der Waals surface area contributed by atoms with Gasteiger partial charge in [-0.2, -0.15) is 5.10 Å². The van der Waals surface area contributed by atoms with Crippen LogP contribution < -0.4 is 11.2 Å². The first-order valence-electron chi connectivity index (χ1n) is 11.9. The van der Waals surface area contributed by atoms with Crippen LogP contribution in [0.25, 0.3) is 10.8 Å². The molecule has 2 unspecified atom stereocenters. The summed E-state index contributed by atoms with van der Waals surface area (Å²) < 4.78 is 4.98. The first-order chi connectivity index (χ1) is 17.4. The Hall–Kier alpha value is -4.04. The number of hydrogen-bond acceptors (Lipinski definition) is 7. The molecule has 0 aliphatic carbocycles. The van der Waals surface area contributed by atoms with Crippen molar-refractivity contribution in [2.45, 2.75) is 25.8 Å². The van der Waals surface area contributed by atoms with E-state index >= 15 is 0 Å². The van der Waals surface area contributed by atoms with E-state index in [0.29, 0.717) is 6.54 Å². The molecule has 4 rings (SSSR count). The number of Topliss-reactive ketones (excluding diaryl/α,β-unsaturated/α-hetero) is 1. The maximum atomic E-state index is 13.9. The van der Waals surface area contributed by atoms with Crippen LogP contribution in [0.5, 0.6) is 0 Å². The molecule has 3 aromatic rings. The molecule has 8 heteroatoms. The number of carbonyl (C=O) groups excluding carboxylic acids is 3. The van der Waals surface area contributed by atoms with Crippen LogP contribution in [0.3, 0.4) is 0 Å². The van der Waals surface area contributed by atoms with Gasteiger partial charge in [0.2, 0.25) is 5.91 Å². The summed E-state index contributed by atoms with van der Waals surface area (Å²) >= 11 is 0. The highest BCUT2D eigenvalue weighted by Crippen LogP contribution is 2.33. The van der Waals surface area contributed by atoms with Crippen molar-refractivity contribution in [2.24, 2.45) is 16.9 Å². The third-order valence-corrected chi connectivity index (χ3v) is 6.68. The van der Waals surface area contributed by atoms with E-state index in [1.807, 2.05) is 73.7 Å². The van der Waals surface area contributed by atoms with Gasteiger partial charge in [-0.25, -0.2) is 4.79 Å². The number of fused-ring (bicyclic) bond motifs is 1. The molecule has 0 radical (unpaired) electrons. The molecule has 186 valence electrons. The quantitative estimate of drug-likeness (QED) is 0.126. The fraction of sp³-hybridized carbons (Fsp3) is 0.286. The number of esters is 1.